The Morgan fingerprint density at radius 1 is 0.966 bits per heavy atom. The summed E-state index contributed by atoms with van der Waals surface area (Å²) in [5.41, 5.74) is 6.72. The van der Waals surface area contributed by atoms with Crippen LogP contribution < -0.4 is 4.90 Å². The third kappa shape index (κ3) is 4.31. The van der Waals surface area contributed by atoms with E-state index in [0.717, 1.165) is 43.0 Å². The van der Waals surface area contributed by atoms with E-state index in [1.807, 2.05) is 6.92 Å². The first-order chi connectivity index (χ1) is 14.0. The molecule has 5 nitrogen and oxygen atoms in total. The predicted octanol–water partition coefficient (Wildman–Crippen LogP) is 4.33. The van der Waals surface area contributed by atoms with E-state index in [2.05, 4.69) is 36.9 Å². The van der Waals surface area contributed by atoms with Gasteiger partial charge in [0.1, 0.15) is 5.69 Å². The van der Waals surface area contributed by atoms with Gasteiger partial charge in [-0.1, -0.05) is 31.0 Å². The summed E-state index contributed by atoms with van der Waals surface area (Å²) in [6.45, 7) is 8.28. The van der Waals surface area contributed by atoms with Gasteiger partial charge in [-0.3, -0.25) is 0 Å². The van der Waals surface area contributed by atoms with E-state index in [-0.39, 0.29) is 6.61 Å². The van der Waals surface area contributed by atoms with E-state index in [1.165, 1.54) is 49.7 Å². The van der Waals surface area contributed by atoms with Crippen molar-refractivity contribution in [2.75, 3.05) is 25.1 Å². The Morgan fingerprint density at radius 2 is 1.62 bits per heavy atom. The maximum Gasteiger partial charge on any atom is 0.153 e. The molecule has 29 heavy (non-hydrogen) atoms. The highest BCUT2D eigenvalue weighted by Gasteiger charge is 2.37. The second kappa shape index (κ2) is 9.23. The molecular weight excluding hydrogens is 362 g/mol. The number of aryl methyl sites for hydroxylation is 2. The Morgan fingerprint density at radius 3 is 2.24 bits per heavy atom. The van der Waals surface area contributed by atoms with Crippen molar-refractivity contribution in [1.82, 2.24) is 9.97 Å². The maximum absolute atomic E-state index is 10.0. The van der Waals surface area contributed by atoms with Crippen LogP contribution in [0.15, 0.2) is 18.2 Å². The third-order valence-corrected chi connectivity index (χ3v) is 6.92. The van der Waals surface area contributed by atoms with Gasteiger partial charge >= 0.3 is 0 Å². The number of hydrogen-bond donors (Lipinski definition) is 2. The van der Waals surface area contributed by atoms with E-state index >= 15 is 0 Å². The Labute approximate surface area is 174 Å². The fourth-order valence-electron chi connectivity index (χ4n) is 4.98. The molecule has 0 radical (unpaired) electrons. The van der Waals surface area contributed by atoms with Crippen LogP contribution in [0.1, 0.15) is 61.0 Å². The van der Waals surface area contributed by atoms with E-state index in [9.17, 15) is 5.11 Å². The van der Waals surface area contributed by atoms with Crippen molar-refractivity contribution in [2.45, 2.75) is 65.9 Å². The molecule has 1 saturated carbocycles. The van der Waals surface area contributed by atoms with E-state index in [1.54, 1.807) is 0 Å². The highest BCUT2D eigenvalue weighted by atomic mass is 16.3. The lowest BCUT2D eigenvalue weighted by atomic mass is 9.77. The number of aromatic nitrogens is 2. The van der Waals surface area contributed by atoms with Crippen LogP contribution in [-0.4, -0.2) is 40.4 Å². The summed E-state index contributed by atoms with van der Waals surface area (Å²) in [4.78, 5) is 12.2. The van der Waals surface area contributed by atoms with Crippen LogP contribution in [0.5, 0.6) is 0 Å². The number of aliphatic hydroxyl groups excluding tert-OH is 2. The van der Waals surface area contributed by atoms with Gasteiger partial charge in [0.05, 0.1) is 18.0 Å². The van der Waals surface area contributed by atoms with Gasteiger partial charge in [0.15, 0.2) is 5.82 Å². The van der Waals surface area contributed by atoms with Crippen LogP contribution >= 0.6 is 0 Å². The molecule has 1 saturated heterocycles. The average Bonchev–Trinajstić information content (AvgIpc) is 3.20. The summed E-state index contributed by atoms with van der Waals surface area (Å²) < 4.78 is 0. The van der Waals surface area contributed by atoms with Crippen molar-refractivity contribution in [1.29, 1.82) is 0 Å². The van der Waals surface area contributed by atoms with Gasteiger partial charge in [0, 0.05) is 25.8 Å². The molecule has 0 atom stereocenters. The first kappa shape index (κ1) is 21.7. The van der Waals surface area contributed by atoms with Crippen molar-refractivity contribution in [2.24, 2.45) is 5.41 Å². The molecule has 1 aliphatic heterocycles. The monoisotopic (exact) mass is 397 g/mol. The lowest BCUT2D eigenvalue weighted by Crippen LogP contribution is -2.40. The normalized spacial score (nSPS) is 17.9. The largest absolute Gasteiger partial charge is 0.400 e. The molecule has 2 N–H and O–H groups in total. The predicted molar refractivity (Wildman–Crippen MR) is 118 cm³/mol. The summed E-state index contributed by atoms with van der Waals surface area (Å²) in [5.74, 6) is 0.886. The summed E-state index contributed by atoms with van der Waals surface area (Å²) in [6.07, 6.45) is 8.07. The number of piperidine rings is 1. The van der Waals surface area contributed by atoms with Crippen LogP contribution in [0, 0.1) is 26.2 Å². The molecule has 0 amide bonds. The molecule has 1 spiro atoms. The number of rotatable bonds is 3. The molecule has 2 aromatic rings. The van der Waals surface area contributed by atoms with Gasteiger partial charge in [-0.25, -0.2) is 9.97 Å². The minimum atomic E-state index is -0.0673. The zero-order valence-electron chi connectivity index (χ0n) is 18.3. The SMILES string of the molecule is CO.Cc1cccc(-c2nc(CO)c(N3CCC4(CCCC4)CC3)nc2C)c1C. The summed E-state index contributed by atoms with van der Waals surface area (Å²) in [5, 5.41) is 17.0. The molecule has 1 aliphatic carbocycles. The lowest BCUT2D eigenvalue weighted by molar-refractivity contribution is 0.225. The number of benzene rings is 1. The van der Waals surface area contributed by atoms with Crippen LogP contribution in [0.25, 0.3) is 11.3 Å². The quantitative estimate of drug-likeness (QED) is 0.807. The molecule has 0 unspecified atom stereocenters. The zero-order chi connectivity index (χ0) is 21.0. The topological polar surface area (TPSA) is 69.5 Å². The second-order valence-electron chi connectivity index (χ2n) is 8.53. The highest BCUT2D eigenvalue weighted by Crippen LogP contribution is 2.46. The molecule has 2 aliphatic rings. The fraction of sp³-hybridized carbons (Fsp3) is 0.583. The summed E-state index contributed by atoms with van der Waals surface area (Å²) in [7, 11) is 1.00. The van der Waals surface area contributed by atoms with E-state index < -0.39 is 0 Å². The first-order valence-electron chi connectivity index (χ1n) is 10.8. The Hall–Kier alpha value is -1.98. The molecule has 158 valence electrons. The van der Waals surface area contributed by atoms with Gasteiger partial charge in [-0.05, 0) is 63.0 Å². The van der Waals surface area contributed by atoms with Gasteiger partial charge in [0.2, 0.25) is 0 Å². The molecule has 0 bridgehead atoms. The molecule has 2 fully saturated rings. The van der Waals surface area contributed by atoms with Crippen LogP contribution in [0.3, 0.4) is 0 Å². The standard InChI is InChI=1S/C23H31N3O.CH4O/c1-16-7-6-8-19(17(16)2)21-18(3)24-22(20(15-27)25-21)26-13-11-23(12-14-26)9-4-5-10-23;1-2/h6-8,27H,4-5,9-15H2,1-3H3;2H,1H3. The average molecular weight is 398 g/mol. The van der Waals surface area contributed by atoms with Crippen molar-refractivity contribution in [3.8, 4) is 11.3 Å². The van der Waals surface area contributed by atoms with Gasteiger partial charge in [0.25, 0.3) is 0 Å². The van der Waals surface area contributed by atoms with Crippen molar-refractivity contribution < 1.29 is 10.2 Å². The zero-order valence-corrected chi connectivity index (χ0v) is 18.3. The van der Waals surface area contributed by atoms with Gasteiger partial charge in [-0.15, -0.1) is 0 Å². The highest BCUT2D eigenvalue weighted by molar-refractivity contribution is 5.68. The van der Waals surface area contributed by atoms with Crippen molar-refractivity contribution in [3.05, 3.63) is 40.7 Å². The fourth-order valence-corrected chi connectivity index (χ4v) is 4.98. The molecule has 1 aromatic carbocycles. The number of aliphatic hydroxyl groups is 2. The molecule has 2 heterocycles. The maximum atomic E-state index is 10.0. The van der Waals surface area contributed by atoms with E-state index in [0.29, 0.717) is 11.1 Å². The lowest BCUT2D eigenvalue weighted by Gasteiger charge is -2.40. The van der Waals surface area contributed by atoms with Crippen LogP contribution in [0.4, 0.5) is 5.82 Å². The molecule has 5 heteroatoms. The van der Waals surface area contributed by atoms with E-state index in [4.69, 9.17) is 15.1 Å². The number of nitrogens with zero attached hydrogens (tertiary/aromatic N) is 3. The van der Waals surface area contributed by atoms with Gasteiger partial charge in [-0.2, -0.15) is 0 Å². The Balaban J connectivity index is 0.00000117. The minimum absolute atomic E-state index is 0.0673. The summed E-state index contributed by atoms with van der Waals surface area (Å²) >= 11 is 0. The molecule has 1 aromatic heterocycles. The summed E-state index contributed by atoms with van der Waals surface area (Å²) in [6, 6.07) is 6.29. The van der Waals surface area contributed by atoms with Crippen molar-refractivity contribution in [3.63, 3.8) is 0 Å². The van der Waals surface area contributed by atoms with Gasteiger partial charge < -0.3 is 15.1 Å². The number of anilines is 1. The number of hydrogen-bond acceptors (Lipinski definition) is 5. The Kier molecular flexibility index (Phi) is 6.91. The third-order valence-electron chi connectivity index (χ3n) is 6.92. The molecule has 4 rings (SSSR count). The Bertz CT molecular complexity index is 834. The van der Waals surface area contributed by atoms with Crippen molar-refractivity contribution >= 4 is 5.82 Å². The first-order valence-corrected chi connectivity index (χ1v) is 10.8. The van der Waals surface area contributed by atoms with Crippen LogP contribution in [0.2, 0.25) is 0 Å². The smallest absolute Gasteiger partial charge is 0.153 e. The molecular formula is C24H35N3O2. The van der Waals surface area contributed by atoms with Crippen LogP contribution in [-0.2, 0) is 6.61 Å². The minimum Gasteiger partial charge on any atom is -0.400 e. The second-order valence-corrected chi connectivity index (χ2v) is 8.53.